The van der Waals surface area contributed by atoms with Crippen LogP contribution in [0.25, 0.3) is 0 Å². The first kappa shape index (κ1) is 32.9. The number of aliphatic hydroxyl groups is 1. The van der Waals surface area contributed by atoms with Crippen LogP contribution in [0, 0.1) is 0 Å². The van der Waals surface area contributed by atoms with Gasteiger partial charge in [-0.3, -0.25) is 14.4 Å². The van der Waals surface area contributed by atoms with E-state index in [-0.39, 0.29) is 25.0 Å². The Hall–Kier alpha value is -2.28. The standard InChI is InChI=1S/C27H42N4O6S2/c1-27(2,26(37)30-22(25(35)36)18-19-10-5-3-6-11-19)31-24(34)21(29-23(33)20-13-9-14-28-20)12-7-4-8-16-38-39-17-15-32/h3,5-6,10-11,20-22,28,32H,4,7-9,12-18H2,1-2H3,(H,29,33)(H,30,37)(H,31,34)(H,35,36)/t20-,21-,22-/m0/s1. The molecule has 12 heteroatoms. The Morgan fingerprint density at radius 2 is 1.74 bits per heavy atom. The molecule has 3 amide bonds. The first-order chi connectivity index (χ1) is 18.6. The Morgan fingerprint density at radius 1 is 1.03 bits per heavy atom. The summed E-state index contributed by atoms with van der Waals surface area (Å²) in [6.45, 7) is 3.94. The van der Waals surface area contributed by atoms with E-state index in [2.05, 4.69) is 21.3 Å². The topological polar surface area (TPSA) is 157 Å². The molecule has 0 aromatic heterocycles. The molecule has 0 spiro atoms. The van der Waals surface area contributed by atoms with Crippen molar-refractivity contribution in [1.82, 2.24) is 21.3 Å². The van der Waals surface area contributed by atoms with Gasteiger partial charge in [0.05, 0.1) is 12.6 Å². The van der Waals surface area contributed by atoms with Crippen LogP contribution in [0.2, 0.25) is 0 Å². The number of carbonyl (C=O) groups is 4. The van der Waals surface area contributed by atoms with E-state index >= 15 is 0 Å². The zero-order valence-electron chi connectivity index (χ0n) is 22.7. The molecule has 3 atom stereocenters. The van der Waals surface area contributed by atoms with Crippen LogP contribution >= 0.6 is 21.6 Å². The van der Waals surface area contributed by atoms with Gasteiger partial charge in [-0.15, -0.1) is 0 Å². The zero-order valence-corrected chi connectivity index (χ0v) is 24.4. The number of nitrogens with one attached hydrogen (secondary N) is 4. The lowest BCUT2D eigenvalue weighted by Gasteiger charge is -2.30. The first-order valence-electron chi connectivity index (χ1n) is 13.4. The molecule has 39 heavy (non-hydrogen) atoms. The number of hydrogen-bond acceptors (Lipinski definition) is 8. The molecule has 0 aliphatic carbocycles. The first-order valence-corrected chi connectivity index (χ1v) is 15.9. The van der Waals surface area contributed by atoms with Crippen LogP contribution < -0.4 is 21.3 Å². The summed E-state index contributed by atoms with van der Waals surface area (Å²) in [5.74, 6) is -0.891. The molecule has 1 saturated heterocycles. The highest BCUT2D eigenvalue weighted by molar-refractivity contribution is 8.76. The van der Waals surface area contributed by atoms with Crippen LogP contribution in [0.5, 0.6) is 0 Å². The second-order valence-corrected chi connectivity index (χ2v) is 12.8. The summed E-state index contributed by atoms with van der Waals surface area (Å²) in [5.41, 5.74) is -0.642. The van der Waals surface area contributed by atoms with Gasteiger partial charge in [-0.1, -0.05) is 64.8 Å². The zero-order chi connectivity index (χ0) is 28.7. The molecule has 1 fully saturated rings. The maximum Gasteiger partial charge on any atom is 0.326 e. The molecule has 0 bridgehead atoms. The molecule has 218 valence electrons. The summed E-state index contributed by atoms with van der Waals surface area (Å²) in [6, 6.07) is 6.67. The molecule has 1 aromatic carbocycles. The van der Waals surface area contributed by atoms with E-state index in [9.17, 15) is 24.3 Å². The van der Waals surface area contributed by atoms with Gasteiger partial charge >= 0.3 is 5.97 Å². The summed E-state index contributed by atoms with van der Waals surface area (Å²) in [4.78, 5) is 50.9. The minimum absolute atomic E-state index is 0.107. The molecule has 0 saturated carbocycles. The highest BCUT2D eigenvalue weighted by Crippen LogP contribution is 2.22. The number of carbonyl (C=O) groups excluding carboxylic acids is 3. The number of unbranched alkanes of at least 4 members (excludes halogenated alkanes) is 2. The van der Waals surface area contributed by atoms with Gasteiger partial charge in [-0.25, -0.2) is 4.79 Å². The molecule has 1 aliphatic rings. The minimum atomic E-state index is -1.41. The average molecular weight is 583 g/mol. The van der Waals surface area contributed by atoms with Crippen molar-refractivity contribution < 1.29 is 29.4 Å². The van der Waals surface area contributed by atoms with Gasteiger partial charge in [0.25, 0.3) is 0 Å². The van der Waals surface area contributed by atoms with Crippen molar-refractivity contribution in [3.05, 3.63) is 35.9 Å². The van der Waals surface area contributed by atoms with E-state index in [1.54, 1.807) is 45.9 Å². The van der Waals surface area contributed by atoms with Crippen molar-refractivity contribution in [1.29, 1.82) is 0 Å². The number of carboxylic acid groups (broad SMARTS) is 1. The van der Waals surface area contributed by atoms with E-state index in [1.807, 2.05) is 6.07 Å². The van der Waals surface area contributed by atoms with Crippen molar-refractivity contribution in [3.63, 3.8) is 0 Å². The fourth-order valence-electron chi connectivity index (χ4n) is 4.13. The number of aliphatic carboxylic acids is 1. The monoisotopic (exact) mass is 582 g/mol. The fourth-order valence-corrected chi connectivity index (χ4v) is 6.05. The van der Waals surface area contributed by atoms with Gasteiger partial charge in [0.15, 0.2) is 0 Å². The summed E-state index contributed by atoms with van der Waals surface area (Å²) in [5, 5.41) is 29.8. The molecular weight excluding hydrogens is 540 g/mol. The quantitative estimate of drug-likeness (QED) is 0.112. The molecule has 6 N–H and O–H groups in total. The van der Waals surface area contributed by atoms with Crippen LogP contribution in [0.1, 0.15) is 57.9 Å². The fraction of sp³-hybridized carbons (Fsp3) is 0.630. The van der Waals surface area contributed by atoms with E-state index in [0.717, 1.165) is 37.1 Å². The Labute approximate surface area is 238 Å². The number of aliphatic hydroxyl groups excluding tert-OH is 1. The van der Waals surface area contributed by atoms with Crippen molar-refractivity contribution in [2.24, 2.45) is 0 Å². The van der Waals surface area contributed by atoms with Crippen molar-refractivity contribution in [2.45, 2.75) is 82.5 Å². The molecular formula is C27H42N4O6S2. The number of carboxylic acids is 1. The van der Waals surface area contributed by atoms with Crippen molar-refractivity contribution in [2.75, 3.05) is 24.7 Å². The van der Waals surface area contributed by atoms with Gasteiger partial charge in [-0.05, 0) is 51.6 Å². The predicted octanol–water partition coefficient (Wildman–Crippen LogP) is 1.86. The van der Waals surface area contributed by atoms with Gasteiger partial charge in [-0.2, -0.15) is 0 Å². The Kier molecular flexibility index (Phi) is 14.7. The summed E-state index contributed by atoms with van der Waals surface area (Å²) < 4.78 is 0. The van der Waals surface area contributed by atoms with Crippen LogP contribution in [0.4, 0.5) is 0 Å². The normalized spacial score (nSPS) is 16.7. The van der Waals surface area contributed by atoms with E-state index in [1.165, 1.54) is 13.8 Å². The van der Waals surface area contributed by atoms with Gasteiger partial charge in [0.1, 0.15) is 17.6 Å². The third kappa shape index (κ3) is 12.2. The van der Waals surface area contributed by atoms with Gasteiger partial charge in [0, 0.05) is 17.9 Å². The number of amides is 3. The number of hydrogen-bond donors (Lipinski definition) is 6. The number of benzene rings is 1. The Balaban J connectivity index is 1.97. The Morgan fingerprint density at radius 3 is 2.38 bits per heavy atom. The van der Waals surface area contributed by atoms with Crippen LogP contribution in [-0.4, -0.2) is 82.2 Å². The largest absolute Gasteiger partial charge is 0.480 e. The summed E-state index contributed by atoms with van der Waals surface area (Å²) >= 11 is 0. The highest BCUT2D eigenvalue weighted by Gasteiger charge is 2.35. The maximum absolute atomic E-state index is 13.3. The minimum Gasteiger partial charge on any atom is -0.480 e. The molecule has 1 heterocycles. The van der Waals surface area contributed by atoms with Gasteiger partial charge in [0.2, 0.25) is 17.7 Å². The lowest BCUT2D eigenvalue weighted by molar-refractivity contribution is -0.143. The maximum atomic E-state index is 13.3. The molecule has 1 aliphatic heterocycles. The van der Waals surface area contributed by atoms with E-state index < -0.39 is 35.4 Å². The molecule has 1 aromatic rings. The summed E-state index contributed by atoms with van der Waals surface area (Å²) in [6.07, 6.45) is 4.65. The number of rotatable bonds is 18. The SMILES string of the molecule is CC(C)(NC(=O)[C@H](CCCCCSSCCO)NC(=O)[C@@H]1CCCN1)C(=O)N[C@@H](Cc1ccccc1)C(=O)O. The highest BCUT2D eigenvalue weighted by atomic mass is 33.1. The second kappa shape index (κ2) is 17.4. The van der Waals surface area contributed by atoms with Crippen molar-refractivity contribution >= 4 is 45.3 Å². The van der Waals surface area contributed by atoms with E-state index in [4.69, 9.17) is 5.11 Å². The lowest BCUT2D eigenvalue weighted by Crippen LogP contribution is -2.61. The summed E-state index contributed by atoms with van der Waals surface area (Å²) in [7, 11) is 3.33. The van der Waals surface area contributed by atoms with Crippen LogP contribution in [0.15, 0.2) is 30.3 Å². The molecule has 0 unspecified atom stereocenters. The third-order valence-corrected chi connectivity index (χ3v) is 8.85. The van der Waals surface area contributed by atoms with E-state index in [0.29, 0.717) is 25.0 Å². The van der Waals surface area contributed by atoms with Crippen molar-refractivity contribution in [3.8, 4) is 0 Å². The van der Waals surface area contributed by atoms with Crippen LogP contribution in [0.3, 0.4) is 0 Å². The smallest absolute Gasteiger partial charge is 0.326 e. The van der Waals surface area contributed by atoms with Crippen LogP contribution in [-0.2, 0) is 25.6 Å². The molecule has 0 radical (unpaired) electrons. The molecule has 10 nitrogen and oxygen atoms in total. The predicted molar refractivity (Wildman–Crippen MR) is 155 cm³/mol. The Bertz CT molecular complexity index is 928. The lowest BCUT2D eigenvalue weighted by atomic mass is 9.99. The third-order valence-electron chi connectivity index (χ3n) is 6.38. The van der Waals surface area contributed by atoms with Gasteiger partial charge < -0.3 is 31.5 Å². The second-order valence-electron chi connectivity index (χ2n) is 10.1. The molecule has 2 rings (SSSR count). The average Bonchev–Trinajstić information content (AvgIpc) is 3.44.